The normalized spacial score (nSPS) is 18.1. The van der Waals surface area contributed by atoms with Crippen molar-refractivity contribution in [3.05, 3.63) is 89.7 Å². The van der Waals surface area contributed by atoms with Crippen molar-refractivity contribution in [3.63, 3.8) is 0 Å². The molecule has 2 aromatic rings. The van der Waals surface area contributed by atoms with E-state index in [0.29, 0.717) is 6.61 Å². The summed E-state index contributed by atoms with van der Waals surface area (Å²) in [5, 5.41) is 9.95. The third kappa shape index (κ3) is 8.32. The number of carboxylic acids is 1. The third-order valence-electron chi connectivity index (χ3n) is 7.02. The number of aromatic nitrogens is 1. The number of hydrogen-bond donors (Lipinski definition) is 1. The van der Waals surface area contributed by atoms with Crippen molar-refractivity contribution in [3.8, 4) is 0 Å². The smallest absolute Gasteiger partial charge is 0.410 e. The van der Waals surface area contributed by atoms with Crippen molar-refractivity contribution in [2.24, 2.45) is 0 Å². The van der Waals surface area contributed by atoms with E-state index < -0.39 is 5.97 Å². The molecule has 1 N–H and O–H groups in total. The second-order valence-corrected chi connectivity index (χ2v) is 10.7. The Morgan fingerprint density at radius 3 is 2.48 bits per heavy atom. The van der Waals surface area contributed by atoms with Crippen LogP contribution >= 0.6 is 11.8 Å². The molecule has 40 heavy (non-hydrogen) atoms. The molecule has 1 aromatic carbocycles. The molecule has 214 valence electrons. The summed E-state index contributed by atoms with van der Waals surface area (Å²) in [5.41, 5.74) is 3.37. The zero-order chi connectivity index (χ0) is 29.1. The van der Waals surface area contributed by atoms with Gasteiger partial charge in [-0.25, -0.2) is 14.6 Å². The summed E-state index contributed by atoms with van der Waals surface area (Å²) in [6.07, 6.45) is 10.6. The predicted octanol–water partition coefficient (Wildman–Crippen LogP) is 7.13. The molecule has 2 fully saturated rings. The van der Waals surface area contributed by atoms with Crippen LogP contribution in [0.25, 0.3) is 0 Å². The van der Waals surface area contributed by atoms with Gasteiger partial charge in [-0.05, 0) is 74.6 Å². The number of carboxylic acid groups (broad SMARTS) is 1. The lowest BCUT2D eigenvalue weighted by molar-refractivity contribution is 0.0696. The minimum Gasteiger partial charge on any atom is -0.478 e. The molecule has 0 aliphatic carbocycles. The SMILES string of the molecule is C=C(C=CC/C=C\C)C1COC(=O)N1C1CCN(Cc2ccc(Sc3ccc(C(=O)O)cc3)nc2C)CC1.CC. The van der Waals surface area contributed by atoms with Crippen molar-refractivity contribution in [2.75, 3.05) is 19.7 Å². The number of aromatic carboxylic acids is 1. The quantitative estimate of drug-likeness (QED) is 0.243. The van der Waals surface area contributed by atoms with Gasteiger partial charge in [0, 0.05) is 36.3 Å². The Hall–Kier alpha value is -3.36. The first-order valence-corrected chi connectivity index (χ1v) is 14.8. The maximum absolute atomic E-state index is 12.6. The van der Waals surface area contributed by atoms with E-state index >= 15 is 0 Å². The third-order valence-corrected chi connectivity index (χ3v) is 7.96. The van der Waals surface area contributed by atoms with Crippen molar-refractivity contribution in [1.29, 1.82) is 0 Å². The molecule has 0 radical (unpaired) electrons. The number of benzene rings is 1. The van der Waals surface area contributed by atoms with Gasteiger partial charge in [0.1, 0.15) is 11.6 Å². The zero-order valence-electron chi connectivity index (χ0n) is 24.0. The summed E-state index contributed by atoms with van der Waals surface area (Å²) in [6, 6.07) is 11.0. The molecule has 0 saturated carbocycles. The van der Waals surface area contributed by atoms with Gasteiger partial charge in [0.05, 0.1) is 11.6 Å². The Kier molecular flexibility index (Phi) is 12.0. The highest BCUT2D eigenvalue weighted by atomic mass is 32.2. The lowest BCUT2D eigenvalue weighted by Gasteiger charge is -2.38. The van der Waals surface area contributed by atoms with Crippen molar-refractivity contribution in [2.45, 2.75) is 75.5 Å². The van der Waals surface area contributed by atoms with Crippen LogP contribution in [0.2, 0.25) is 0 Å². The van der Waals surface area contributed by atoms with Gasteiger partial charge in [0.15, 0.2) is 0 Å². The summed E-state index contributed by atoms with van der Waals surface area (Å²) in [7, 11) is 0. The van der Waals surface area contributed by atoms with Crippen LogP contribution in [-0.2, 0) is 11.3 Å². The van der Waals surface area contributed by atoms with E-state index in [4.69, 9.17) is 14.8 Å². The van der Waals surface area contributed by atoms with Gasteiger partial charge < -0.3 is 9.84 Å². The molecule has 1 atom stereocenters. The van der Waals surface area contributed by atoms with Crippen LogP contribution < -0.4 is 0 Å². The number of ether oxygens (including phenoxy) is 1. The molecule has 8 heteroatoms. The summed E-state index contributed by atoms with van der Waals surface area (Å²) >= 11 is 1.52. The molecular weight excluding hydrogens is 522 g/mol. The maximum Gasteiger partial charge on any atom is 0.410 e. The van der Waals surface area contributed by atoms with Crippen LogP contribution in [0.5, 0.6) is 0 Å². The first-order valence-electron chi connectivity index (χ1n) is 14.0. The largest absolute Gasteiger partial charge is 0.478 e. The number of amides is 1. The molecule has 0 spiro atoms. The standard InChI is InChI=1S/C30H35N3O4S.C2H6/c1-4-5-6-7-8-21(2)27-20-37-30(36)33(27)25-15-17-32(18-16-25)19-24-11-14-28(31-22(24)3)38-26-12-9-23(10-13-26)29(34)35;1-2/h4-5,7-14,25,27H,2,6,15-20H2,1,3H3,(H,34,35);1-2H3/b5-4-,8-7?;. The monoisotopic (exact) mass is 563 g/mol. The van der Waals surface area contributed by atoms with E-state index in [-0.39, 0.29) is 23.7 Å². The number of carbonyl (C=O) groups is 2. The second kappa shape index (κ2) is 15.4. The van der Waals surface area contributed by atoms with Gasteiger partial charge in [0.25, 0.3) is 0 Å². The topological polar surface area (TPSA) is 83.0 Å². The first kappa shape index (κ1) is 31.2. The number of aryl methyl sites for hydroxylation is 1. The van der Waals surface area contributed by atoms with Gasteiger partial charge >= 0.3 is 12.1 Å². The van der Waals surface area contributed by atoms with Gasteiger partial charge in [-0.1, -0.05) is 62.6 Å². The highest BCUT2D eigenvalue weighted by molar-refractivity contribution is 7.99. The second-order valence-electron chi connectivity index (χ2n) is 9.61. The Morgan fingerprint density at radius 2 is 1.85 bits per heavy atom. The summed E-state index contributed by atoms with van der Waals surface area (Å²) in [6.45, 7) is 15.2. The number of rotatable bonds is 10. The molecule has 0 bridgehead atoms. The number of piperidine rings is 1. The number of allylic oxidation sites excluding steroid dienone is 3. The van der Waals surface area contributed by atoms with Gasteiger partial charge in [-0.3, -0.25) is 9.80 Å². The van der Waals surface area contributed by atoms with E-state index in [1.54, 1.807) is 24.3 Å². The van der Waals surface area contributed by atoms with Crippen molar-refractivity contribution in [1.82, 2.24) is 14.8 Å². The van der Waals surface area contributed by atoms with Gasteiger partial charge in [-0.15, -0.1) is 0 Å². The first-order chi connectivity index (χ1) is 19.4. The molecule has 1 unspecified atom stereocenters. The number of hydrogen-bond acceptors (Lipinski definition) is 6. The predicted molar refractivity (Wildman–Crippen MR) is 161 cm³/mol. The minimum absolute atomic E-state index is 0.0993. The molecular formula is C32H41N3O4S. The van der Waals surface area contributed by atoms with E-state index in [1.807, 2.05) is 50.8 Å². The van der Waals surface area contributed by atoms with Crippen LogP contribution in [-0.4, -0.2) is 63.7 Å². The van der Waals surface area contributed by atoms with Crippen LogP contribution in [0.1, 0.15) is 61.6 Å². The number of cyclic esters (lactones) is 1. The number of pyridine rings is 1. The maximum atomic E-state index is 12.6. The Balaban J connectivity index is 0.00000216. The number of carbonyl (C=O) groups excluding carboxylic acids is 1. The minimum atomic E-state index is -0.928. The van der Waals surface area contributed by atoms with Gasteiger partial charge in [-0.2, -0.15) is 0 Å². The molecule has 3 heterocycles. The van der Waals surface area contributed by atoms with E-state index in [2.05, 4.69) is 29.7 Å². The Morgan fingerprint density at radius 1 is 1.15 bits per heavy atom. The van der Waals surface area contributed by atoms with Crippen LogP contribution in [0.15, 0.2) is 82.8 Å². The Bertz CT molecular complexity index is 1220. The van der Waals surface area contributed by atoms with E-state index in [9.17, 15) is 9.59 Å². The van der Waals surface area contributed by atoms with Crippen LogP contribution in [0, 0.1) is 6.92 Å². The average molecular weight is 564 g/mol. The fraction of sp³-hybridized carbons (Fsp3) is 0.406. The van der Waals surface area contributed by atoms with E-state index in [1.165, 1.54) is 17.3 Å². The van der Waals surface area contributed by atoms with Gasteiger partial charge in [0.2, 0.25) is 0 Å². The zero-order valence-corrected chi connectivity index (χ0v) is 24.8. The summed E-state index contributed by atoms with van der Waals surface area (Å²) in [5.74, 6) is -0.928. The molecule has 2 aliphatic heterocycles. The van der Waals surface area contributed by atoms with Crippen molar-refractivity contribution < 1.29 is 19.4 Å². The average Bonchev–Trinajstić information content (AvgIpc) is 3.35. The number of nitrogens with zero attached hydrogens (tertiary/aromatic N) is 3. The summed E-state index contributed by atoms with van der Waals surface area (Å²) in [4.78, 5) is 33.7. The number of likely N-dealkylation sites (tertiary alicyclic amines) is 1. The highest BCUT2D eigenvalue weighted by Gasteiger charge is 2.40. The van der Waals surface area contributed by atoms with Crippen LogP contribution in [0.4, 0.5) is 4.79 Å². The molecule has 7 nitrogen and oxygen atoms in total. The van der Waals surface area contributed by atoms with Crippen LogP contribution in [0.3, 0.4) is 0 Å². The Labute approximate surface area is 242 Å². The van der Waals surface area contributed by atoms with Crippen molar-refractivity contribution >= 4 is 23.8 Å². The lowest BCUT2D eigenvalue weighted by Crippen LogP contribution is -2.48. The molecule has 4 rings (SSSR count). The highest BCUT2D eigenvalue weighted by Crippen LogP contribution is 2.30. The molecule has 2 saturated heterocycles. The molecule has 1 aromatic heterocycles. The fourth-order valence-corrected chi connectivity index (χ4v) is 5.67. The summed E-state index contributed by atoms with van der Waals surface area (Å²) < 4.78 is 5.42. The molecule has 2 aliphatic rings. The van der Waals surface area contributed by atoms with E-state index in [0.717, 1.165) is 60.1 Å². The fourth-order valence-electron chi connectivity index (χ4n) is 4.84. The lowest BCUT2D eigenvalue weighted by atomic mass is 9.99. The molecule has 1 amide bonds.